The van der Waals surface area contributed by atoms with Gasteiger partial charge in [-0.2, -0.15) is 0 Å². The third-order valence-corrected chi connectivity index (χ3v) is 4.45. The van der Waals surface area contributed by atoms with E-state index < -0.39 is 0 Å². The first kappa shape index (κ1) is 19.9. The number of hydrogen-bond donors (Lipinski definition) is 2. The predicted octanol–water partition coefficient (Wildman–Crippen LogP) is 4.22. The molecule has 0 aliphatic rings. The van der Waals surface area contributed by atoms with Gasteiger partial charge in [-0.05, 0) is 50.5 Å². The number of nitrogens with two attached hydrogens (primary N) is 1. The van der Waals surface area contributed by atoms with Crippen LogP contribution in [0.2, 0.25) is 0 Å². The number of aliphatic imine (C=N–C) groups is 1. The molecule has 126 valence electrons. The smallest absolute Gasteiger partial charge is 0.193 e. The molecule has 0 spiro atoms. The Morgan fingerprint density at radius 1 is 1.22 bits per heavy atom. The van der Waals surface area contributed by atoms with E-state index in [-0.39, 0.29) is 24.0 Å². The number of hydrogen-bond acceptors (Lipinski definition) is 3. The Bertz CT molecular complexity index is 659. The minimum Gasteiger partial charge on any atom is -0.370 e. The molecule has 4 nitrogen and oxygen atoms in total. The molecule has 1 aromatic heterocycles. The molecule has 6 heteroatoms. The molecule has 0 bridgehead atoms. The third-order valence-electron chi connectivity index (χ3n) is 3.37. The first-order chi connectivity index (χ1) is 10.5. The van der Waals surface area contributed by atoms with Gasteiger partial charge < -0.3 is 11.1 Å². The number of anilines is 1. The van der Waals surface area contributed by atoms with Gasteiger partial charge >= 0.3 is 0 Å². The van der Waals surface area contributed by atoms with Crippen molar-refractivity contribution < 1.29 is 0 Å². The zero-order chi connectivity index (χ0) is 16.1. The molecule has 0 fully saturated rings. The maximum atomic E-state index is 5.95. The Labute approximate surface area is 159 Å². The second-order valence-corrected chi connectivity index (χ2v) is 6.77. The summed E-state index contributed by atoms with van der Waals surface area (Å²) in [6.07, 6.45) is 1.82. The molecular formula is C17H25IN4S. The minimum atomic E-state index is 0. The molecule has 3 N–H and O–H groups in total. The fraction of sp³-hybridized carbons (Fsp3) is 0.412. The molecule has 0 amide bonds. The predicted molar refractivity (Wildman–Crippen MR) is 111 cm³/mol. The molecule has 1 aromatic carbocycles. The lowest BCUT2D eigenvalue weighted by atomic mass is 10.1. The van der Waals surface area contributed by atoms with Crippen LogP contribution in [0.1, 0.15) is 33.6 Å². The number of halogens is 1. The lowest BCUT2D eigenvalue weighted by Gasteiger charge is -2.07. The second-order valence-electron chi connectivity index (χ2n) is 5.48. The monoisotopic (exact) mass is 444 g/mol. The van der Waals surface area contributed by atoms with Gasteiger partial charge in [0.2, 0.25) is 0 Å². The van der Waals surface area contributed by atoms with Crippen molar-refractivity contribution in [2.45, 2.75) is 40.5 Å². The van der Waals surface area contributed by atoms with E-state index in [1.54, 1.807) is 11.3 Å². The Balaban J connectivity index is 0.00000264. The van der Waals surface area contributed by atoms with E-state index in [2.05, 4.69) is 61.2 Å². The maximum Gasteiger partial charge on any atom is 0.193 e. The van der Waals surface area contributed by atoms with Crippen LogP contribution in [0.25, 0.3) is 0 Å². The summed E-state index contributed by atoms with van der Waals surface area (Å²) in [7, 11) is 0. The van der Waals surface area contributed by atoms with Crippen LogP contribution < -0.4 is 11.1 Å². The lowest BCUT2D eigenvalue weighted by Crippen LogP contribution is -2.23. The molecule has 1 heterocycles. The molecule has 0 aliphatic heterocycles. The summed E-state index contributed by atoms with van der Waals surface area (Å²) >= 11 is 1.76. The summed E-state index contributed by atoms with van der Waals surface area (Å²) < 4.78 is 0. The standard InChI is InChI=1S/C17H24N4S.HI/c1-5-15-13(4)22-16(21-15)6-7-19-17(18)20-14-9-11(2)8-12(3)10-14;/h8-10H,5-7H2,1-4H3,(H3,18,19,20);1H. The van der Waals surface area contributed by atoms with Crippen molar-refractivity contribution in [2.75, 3.05) is 11.9 Å². The second kappa shape index (κ2) is 9.22. The number of aromatic nitrogens is 1. The van der Waals surface area contributed by atoms with Gasteiger partial charge in [-0.15, -0.1) is 35.3 Å². The lowest BCUT2D eigenvalue weighted by molar-refractivity contribution is 0.925. The quantitative estimate of drug-likeness (QED) is 0.413. The first-order valence-electron chi connectivity index (χ1n) is 7.58. The first-order valence-corrected chi connectivity index (χ1v) is 8.40. The van der Waals surface area contributed by atoms with Crippen molar-refractivity contribution in [3.63, 3.8) is 0 Å². The Morgan fingerprint density at radius 3 is 2.43 bits per heavy atom. The zero-order valence-corrected chi connectivity index (χ0v) is 17.3. The number of guanidine groups is 1. The van der Waals surface area contributed by atoms with Crippen molar-refractivity contribution in [3.8, 4) is 0 Å². The van der Waals surface area contributed by atoms with E-state index in [9.17, 15) is 0 Å². The molecule has 2 aromatic rings. The van der Waals surface area contributed by atoms with Gasteiger partial charge in [-0.1, -0.05) is 13.0 Å². The highest BCUT2D eigenvalue weighted by molar-refractivity contribution is 14.0. The highest BCUT2D eigenvalue weighted by atomic mass is 127. The van der Waals surface area contributed by atoms with Crippen LogP contribution in [-0.2, 0) is 12.8 Å². The fourth-order valence-corrected chi connectivity index (χ4v) is 3.44. The van der Waals surface area contributed by atoms with Crippen LogP contribution in [0, 0.1) is 20.8 Å². The Kier molecular flexibility index (Phi) is 7.98. The molecule has 0 radical (unpaired) electrons. The van der Waals surface area contributed by atoms with E-state index in [1.165, 1.54) is 21.7 Å². The van der Waals surface area contributed by atoms with Gasteiger partial charge in [0.15, 0.2) is 5.96 Å². The number of aryl methyl sites for hydroxylation is 4. The normalized spacial score (nSPS) is 11.2. The summed E-state index contributed by atoms with van der Waals surface area (Å²) in [5, 5.41) is 4.28. The topological polar surface area (TPSA) is 63.3 Å². The van der Waals surface area contributed by atoms with E-state index in [0.717, 1.165) is 23.5 Å². The van der Waals surface area contributed by atoms with Gasteiger partial charge in [0.05, 0.1) is 10.7 Å². The minimum absolute atomic E-state index is 0. The molecule has 23 heavy (non-hydrogen) atoms. The summed E-state index contributed by atoms with van der Waals surface area (Å²) in [6.45, 7) is 9.05. The van der Waals surface area contributed by atoms with Crippen LogP contribution in [0.5, 0.6) is 0 Å². The van der Waals surface area contributed by atoms with E-state index in [4.69, 9.17) is 5.73 Å². The SMILES string of the molecule is CCc1nc(CCN=C(N)Nc2cc(C)cc(C)c2)sc1C.I. The van der Waals surface area contributed by atoms with Crippen molar-refractivity contribution in [2.24, 2.45) is 10.7 Å². The average molecular weight is 444 g/mol. The summed E-state index contributed by atoms with van der Waals surface area (Å²) in [4.78, 5) is 10.3. The highest BCUT2D eigenvalue weighted by Gasteiger charge is 2.05. The van der Waals surface area contributed by atoms with Crippen LogP contribution >= 0.6 is 35.3 Å². The highest BCUT2D eigenvalue weighted by Crippen LogP contribution is 2.18. The number of nitrogens with zero attached hydrogens (tertiary/aromatic N) is 2. The zero-order valence-electron chi connectivity index (χ0n) is 14.1. The maximum absolute atomic E-state index is 5.95. The van der Waals surface area contributed by atoms with E-state index in [1.807, 2.05) is 0 Å². The summed E-state index contributed by atoms with van der Waals surface area (Å²) in [6, 6.07) is 6.26. The average Bonchev–Trinajstić information content (AvgIpc) is 2.77. The Morgan fingerprint density at radius 2 is 1.87 bits per heavy atom. The molecule has 0 saturated heterocycles. The van der Waals surface area contributed by atoms with Gasteiger partial charge in [0, 0.05) is 23.5 Å². The molecule has 0 aliphatic carbocycles. The van der Waals surface area contributed by atoms with Crippen molar-refractivity contribution in [1.82, 2.24) is 4.98 Å². The molecular weight excluding hydrogens is 419 g/mol. The Hall–Kier alpha value is -1.15. The van der Waals surface area contributed by atoms with Crippen LogP contribution in [0.4, 0.5) is 5.69 Å². The van der Waals surface area contributed by atoms with Crippen LogP contribution in [-0.4, -0.2) is 17.5 Å². The summed E-state index contributed by atoms with van der Waals surface area (Å²) in [5.74, 6) is 0.453. The number of thiazole rings is 1. The van der Waals surface area contributed by atoms with E-state index in [0.29, 0.717) is 12.5 Å². The number of nitrogens with one attached hydrogen (secondary N) is 1. The van der Waals surface area contributed by atoms with Crippen molar-refractivity contribution in [1.29, 1.82) is 0 Å². The van der Waals surface area contributed by atoms with Crippen LogP contribution in [0.15, 0.2) is 23.2 Å². The summed E-state index contributed by atoms with van der Waals surface area (Å²) in [5.41, 5.74) is 10.6. The molecule has 0 atom stereocenters. The van der Waals surface area contributed by atoms with Crippen molar-refractivity contribution in [3.05, 3.63) is 44.9 Å². The van der Waals surface area contributed by atoms with Gasteiger partial charge in [-0.25, -0.2) is 4.98 Å². The van der Waals surface area contributed by atoms with E-state index >= 15 is 0 Å². The van der Waals surface area contributed by atoms with Gasteiger partial charge in [-0.3, -0.25) is 4.99 Å². The van der Waals surface area contributed by atoms with Crippen molar-refractivity contribution >= 4 is 47.0 Å². The van der Waals surface area contributed by atoms with Gasteiger partial charge in [0.1, 0.15) is 0 Å². The number of rotatable bonds is 5. The third kappa shape index (κ3) is 6.10. The van der Waals surface area contributed by atoms with Crippen LogP contribution in [0.3, 0.4) is 0 Å². The largest absolute Gasteiger partial charge is 0.370 e. The fourth-order valence-electron chi connectivity index (χ4n) is 2.43. The molecule has 2 rings (SSSR count). The number of benzene rings is 1. The molecule has 0 saturated carbocycles. The van der Waals surface area contributed by atoms with Gasteiger partial charge in [0.25, 0.3) is 0 Å². The molecule has 0 unspecified atom stereocenters.